The Balaban J connectivity index is 2.73. The Morgan fingerprint density at radius 1 is 1.16 bits per heavy atom. The molecule has 0 aliphatic heterocycles. The fraction of sp³-hybridized carbons (Fsp3) is 0.267. The van der Waals surface area contributed by atoms with Crippen molar-refractivity contribution in [2.24, 2.45) is 5.73 Å². The van der Waals surface area contributed by atoms with Crippen LogP contribution in [0.1, 0.15) is 16.8 Å². The van der Waals surface area contributed by atoms with Gasteiger partial charge in [-0.2, -0.15) is 0 Å². The average molecular weight is 259 g/mol. The van der Waals surface area contributed by atoms with Crippen molar-refractivity contribution in [2.75, 3.05) is 20.8 Å². The van der Waals surface area contributed by atoms with Gasteiger partial charge in [-0.05, 0) is 12.6 Å². The molecular weight excluding hydrogens is 242 g/mol. The van der Waals surface area contributed by atoms with Crippen molar-refractivity contribution in [3.05, 3.63) is 35.9 Å². The summed E-state index contributed by atoms with van der Waals surface area (Å²) in [5, 5.41) is 1.79. The molecule has 4 nitrogen and oxygen atoms in total. The van der Waals surface area contributed by atoms with Crippen molar-refractivity contribution in [3.63, 3.8) is 0 Å². The summed E-state index contributed by atoms with van der Waals surface area (Å²) in [7, 11) is 3.15. The summed E-state index contributed by atoms with van der Waals surface area (Å²) in [4.78, 5) is 12.1. The Kier molecular flexibility index (Phi) is 4.02. The number of Topliss-reactive ketones (excluding diaryl/α,β-unsaturated/α-hetero) is 1. The number of benzene rings is 2. The van der Waals surface area contributed by atoms with Crippen molar-refractivity contribution in [3.8, 4) is 11.5 Å². The van der Waals surface area contributed by atoms with E-state index in [-0.39, 0.29) is 12.2 Å². The minimum atomic E-state index is -0.0385. The molecule has 0 amide bonds. The first-order valence-corrected chi connectivity index (χ1v) is 6.10. The molecule has 2 rings (SSSR count). The number of rotatable bonds is 5. The molecule has 0 fully saturated rings. The zero-order chi connectivity index (χ0) is 13.8. The number of nitrogens with two attached hydrogens (primary N) is 1. The number of hydrogen-bond acceptors (Lipinski definition) is 4. The Labute approximate surface area is 112 Å². The van der Waals surface area contributed by atoms with E-state index in [0.29, 0.717) is 23.6 Å². The van der Waals surface area contributed by atoms with E-state index in [2.05, 4.69) is 0 Å². The van der Waals surface area contributed by atoms with Crippen LogP contribution in [-0.2, 0) is 0 Å². The normalized spacial score (nSPS) is 10.5. The van der Waals surface area contributed by atoms with Crippen LogP contribution in [0.15, 0.2) is 30.3 Å². The zero-order valence-corrected chi connectivity index (χ0v) is 11.1. The van der Waals surface area contributed by atoms with Crippen LogP contribution in [0.25, 0.3) is 10.8 Å². The summed E-state index contributed by atoms with van der Waals surface area (Å²) in [6.45, 7) is 0.317. The predicted octanol–water partition coefficient (Wildman–Crippen LogP) is 2.39. The fourth-order valence-electron chi connectivity index (χ4n) is 2.18. The van der Waals surface area contributed by atoms with Crippen LogP contribution in [0.2, 0.25) is 0 Å². The van der Waals surface area contributed by atoms with Gasteiger partial charge in [0, 0.05) is 17.2 Å². The van der Waals surface area contributed by atoms with Crippen LogP contribution < -0.4 is 15.2 Å². The molecule has 19 heavy (non-hydrogen) atoms. The second-order valence-corrected chi connectivity index (χ2v) is 4.17. The number of ketones is 1. The van der Waals surface area contributed by atoms with Gasteiger partial charge in [-0.1, -0.05) is 24.3 Å². The van der Waals surface area contributed by atoms with Crippen molar-refractivity contribution in [1.29, 1.82) is 0 Å². The van der Waals surface area contributed by atoms with Crippen LogP contribution >= 0.6 is 0 Å². The highest BCUT2D eigenvalue weighted by atomic mass is 16.5. The van der Waals surface area contributed by atoms with E-state index in [0.717, 1.165) is 10.8 Å². The highest BCUT2D eigenvalue weighted by Gasteiger charge is 2.17. The quantitative estimate of drug-likeness (QED) is 0.837. The molecule has 2 N–H and O–H groups in total. The predicted molar refractivity (Wildman–Crippen MR) is 75.1 cm³/mol. The number of ether oxygens (including phenoxy) is 2. The maximum Gasteiger partial charge on any atom is 0.168 e. The van der Waals surface area contributed by atoms with E-state index in [1.807, 2.05) is 24.3 Å². The number of carbonyl (C=O) groups is 1. The smallest absolute Gasteiger partial charge is 0.168 e. The van der Waals surface area contributed by atoms with E-state index >= 15 is 0 Å². The lowest BCUT2D eigenvalue weighted by Crippen LogP contribution is -2.10. The molecule has 0 unspecified atom stereocenters. The van der Waals surface area contributed by atoms with Crippen LogP contribution in [0.3, 0.4) is 0 Å². The highest BCUT2D eigenvalue weighted by molar-refractivity contribution is 6.07. The molecule has 100 valence electrons. The first kappa shape index (κ1) is 13.4. The third kappa shape index (κ3) is 2.39. The van der Waals surface area contributed by atoms with E-state index in [1.54, 1.807) is 20.3 Å². The first-order valence-electron chi connectivity index (χ1n) is 6.10. The van der Waals surface area contributed by atoms with Gasteiger partial charge in [0.15, 0.2) is 5.78 Å². The van der Waals surface area contributed by atoms with Gasteiger partial charge in [0.25, 0.3) is 0 Å². The van der Waals surface area contributed by atoms with Gasteiger partial charge < -0.3 is 15.2 Å². The molecule has 0 spiro atoms. The first-order chi connectivity index (χ1) is 9.22. The number of fused-ring (bicyclic) bond motifs is 1. The number of carbonyl (C=O) groups excluding carboxylic acids is 1. The average Bonchev–Trinajstić information content (AvgIpc) is 2.45. The monoisotopic (exact) mass is 259 g/mol. The Hall–Kier alpha value is -2.07. The van der Waals surface area contributed by atoms with E-state index < -0.39 is 0 Å². The van der Waals surface area contributed by atoms with E-state index in [9.17, 15) is 4.79 Å². The van der Waals surface area contributed by atoms with Crippen LogP contribution in [0.4, 0.5) is 0 Å². The lowest BCUT2D eigenvalue weighted by molar-refractivity contribution is 0.0982. The topological polar surface area (TPSA) is 61.5 Å². The lowest BCUT2D eigenvalue weighted by Gasteiger charge is -2.14. The summed E-state index contributed by atoms with van der Waals surface area (Å²) >= 11 is 0. The lowest BCUT2D eigenvalue weighted by atomic mass is 10.00. The van der Waals surface area contributed by atoms with Gasteiger partial charge in [0.1, 0.15) is 11.5 Å². The molecule has 0 saturated carbocycles. The van der Waals surface area contributed by atoms with Crippen LogP contribution in [0.5, 0.6) is 11.5 Å². The molecule has 0 aromatic heterocycles. The van der Waals surface area contributed by atoms with Gasteiger partial charge in [-0.25, -0.2) is 0 Å². The van der Waals surface area contributed by atoms with Crippen LogP contribution in [0, 0.1) is 0 Å². The highest BCUT2D eigenvalue weighted by Crippen LogP contribution is 2.36. The van der Waals surface area contributed by atoms with Gasteiger partial charge >= 0.3 is 0 Å². The minimum absolute atomic E-state index is 0.0385. The van der Waals surface area contributed by atoms with E-state index in [1.165, 1.54) is 0 Å². The molecule has 0 bridgehead atoms. The van der Waals surface area contributed by atoms with Gasteiger partial charge in [0.2, 0.25) is 0 Å². The van der Waals surface area contributed by atoms with Crippen molar-refractivity contribution >= 4 is 16.6 Å². The molecule has 0 heterocycles. The SMILES string of the molecule is COc1cc(C(=O)CCN)c(OC)c2ccccc12. The van der Waals surface area contributed by atoms with Gasteiger partial charge in [0.05, 0.1) is 19.8 Å². The Morgan fingerprint density at radius 3 is 2.42 bits per heavy atom. The summed E-state index contributed by atoms with van der Waals surface area (Å²) in [6.07, 6.45) is 0.290. The second kappa shape index (κ2) is 5.71. The Morgan fingerprint density at radius 2 is 1.84 bits per heavy atom. The molecular formula is C15H17NO3. The molecule has 2 aromatic rings. The summed E-state index contributed by atoms with van der Waals surface area (Å²) in [6, 6.07) is 9.40. The number of methoxy groups -OCH3 is 2. The fourth-order valence-corrected chi connectivity index (χ4v) is 2.18. The van der Waals surface area contributed by atoms with Crippen molar-refractivity contribution in [2.45, 2.75) is 6.42 Å². The molecule has 0 aliphatic carbocycles. The van der Waals surface area contributed by atoms with Crippen molar-refractivity contribution in [1.82, 2.24) is 0 Å². The van der Waals surface area contributed by atoms with Gasteiger partial charge in [-0.3, -0.25) is 4.79 Å². The largest absolute Gasteiger partial charge is 0.496 e. The van der Waals surface area contributed by atoms with Crippen LogP contribution in [-0.4, -0.2) is 26.5 Å². The third-order valence-electron chi connectivity index (χ3n) is 3.05. The maximum atomic E-state index is 12.1. The third-order valence-corrected chi connectivity index (χ3v) is 3.05. The summed E-state index contributed by atoms with van der Waals surface area (Å²) < 4.78 is 10.8. The summed E-state index contributed by atoms with van der Waals surface area (Å²) in [5.74, 6) is 1.20. The molecule has 0 saturated heterocycles. The second-order valence-electron chi connectivity index (χ2n) is 4.17. The van der Waals surface area contributed by atoms with Crippen molar-refractivity contribution < 1.29 is 14.3 Å². The maximum absolute atomic E-state index is 12.1. The standard InChI is InChI=1S/C15H17NO3/c1-18-14-9-12(13(17)7-8-16)15(19-2)11-6-4-3-5-10(11)14/h3-6,9H,7-8,16H2,1-2H3. The Bertz CT molecular complexity index is 608. The molecule has 0 atom stereocenters. The zero-order valence-electron chi connectivity index (χ0n) is 11.1. The summed E-state index contributed by atoms with van der Waals surface area (Å²) in [5.41, 5.74) is 5.97. The number of hydrogen-bond donors (Lipinski definition) is 1. The molecule has 2 aromatic carbocycles. The molecule has 0 aliphatic rings. The molecule has 4 heteroatoms. The minimum Gasteiger partial charge on any atom is -0.496 e. The molecule has 0 radical (unpaired) electrons. The van der Waals surface area contributed by atoms with Gasteiger partial charge in [-0.15, -0.1) is 0 Å². The van der Waals surface area contributed by atoms with E-state index in [4.69, 9.17) is 15.2 Å².